The largest absolute Gasteiger partial charge is 0.336 e. The van der Waals surface area contributed by atoms with Crippen molar-refractivity contribution in [3.8, 4) is 33.2 Å². The number of imidazole rings is 1. The number of thiophene rings is 1. The van der Waals surface area contributed by atoms with E-state index in [1.807, 2.05) is 48.7 Å². The number of nitrogens with one attached hydrogen (secondary N) is 3. The molecule has 0 radical (unpaired) electrons. The fourth-order valence-electron chi connectivity index (χ4n) is 3.42. The molecule has 0 aliphatic rings. The van der Waals surface area contributed by atoms with E-state index in [0.717, 1.165) is 48.1 Å². The number of pyridine rings is 1. The smallest absolute Gasteiger partial charge is 0.161 e. The van der Waals surface area contributed by atoms with Crippen LogP contribution in [0.4, 0.5) is 0 Å². The van der Waals surface area contributed by atoms with Gasteiger partial charge in [-0.3, -0.25) is 10.2 Å². The average molecular weight is 418 g/mol. The van der Waals surface area contributed by atoms with Crippen molar-refractivity contribution in [1.29, 1.82) is 0 Å². The van der Waals surface area contributed by atoms with Gasteiger partial charge in [-0.2, -0.15) is 10.2 Å². The second-order valence-corrected chi connectivity index (χ2v) is 8.26. The minimum Gasteiger partial charge on any atom is -0.336 e. The molecule has 0 atom stereocenters. The maximum absolute atomic E-state index is 6.13. The van der Waals surface area contributed by atoms with Crippen LogP contribution in [0.5, 0.6) is 0 Å². The molecular formula is C20H12ClN7S. The first-order chi connectivity index (χ1) is 14.3. The first kappa shape index (κ1) is 16.5. The van der Waals surface area contributed by atoms with Crippen LogP contribution in [0.15, 0.2) is 54.9 Å². The molecule has 0 spiro atoms. The van der Waals surface area contributed by atoms with E-state index in [1.54, 1.807) is 6.20 Å². The molecule has 7 nitrogen and oxygen atoms in total. The van der Waals surface area contributed by atoms with Crippen molar-refractivity contribution < 1.29 is 0 Å². The van der Waals surface area contributed by atoms with E-state index in [9.17, 15) is 0 Å². The molecule has 1 aromatic carbocycles. The summed E-state index contributed by atoms with van der Waals surface area (Å²) in [6.45, 7) is 0. The van der Waals surface area contributed by atoms with Gasteiger partial charge in [-0.05, 0) is 30.3 Å². The molecule has 0 aliphatic carbocycles. The highest BCUT2D eigenvalue weighted by Crippen LogP contribution is 2.36. The molecule has 0 bridgehead atoms. The summed E-state index contributed by atoms with van der Waals surface area (Å²) in [6.07, 6.45) is 3.56. The Morgan fingerprint density at radius 3 is 2.72 bits per heavy atom. The normalized spacial score (nSPS) is 11.6. The van der Waals surface area contributed by atoms with E-state index < -0.39 is 0 Å². The Balaban J connectivity index is 1.53. The van der Waals surface area contributed by atoms with Crippen LogP contribution in [0.2, 0.25) is 4.34 Å². The summed E-state index contributed by atoms with van der Waals surface area (Å²) < 4.78 is 0.752. The summed E-state index contributed by atoms with van der Waals surface area (Å²) in [5.74, 6) is 0.665. The van der Waals surface area contributed by atoms with Gasteiger partial charge in [0.25, 0.3) is 0 Å². The number of aromatic nitrogens is 7. The lowest BCUT2D eigenvalue weighted by Crippen LogP contribution is -1.86. The van der Waals surface area contributed by atoms with Crippen LogP contribution in [0.3, 0.4) is 0 Å². The van der Waals surface area contributed by atoms with Gasteiger partial charge in [0.05, 0.1) is 32.8 Å². The Labute approximate surface area is 172 Å². The lowest BCUT2D eigenvalue weighted by Gasteiger charge is -1.98. The van der Waals surface area contributed by atoms with Crippen molar-refractivity contribution in [2.45, 2.75) is 0 Å². The fraction of sp³-hybridized carbons (Fsp3) is 0. The Kier molecular flexibility index (Phi) is 3.56. The molecule has 9 heteroatoms. The summed E-state index contributed by atoms with van der Waals surface area (Å²) in [6, 6.07) is 13.9. The molecule has 6 aromatic rings. The molecule has 140 valence electrons. The number of halogens is 1. The van der Waals surface area contributed by atoms with Gasteiger partial charge < -0.3 is 4.98 Å². The van der Waals surface area contributed by atoms with E-state index in [1.165, 1.54) is 11.3 Å². The summed E-state index contributed by atoms with van der Waals surface area (Å²) in [4.78, 5) is 14.1. The van der Waals surface area contributed by atoms with Crippen LogP contribution in [0.25, 0.3) is 55.3 Å². The van der Waals surface area contributed by atoms with Crippen LogP contribution < -0.4 is 0 Å². The van der Waals surface area contributed by atoms with Gasteiger partial charge in [0.2, 0.25) is 0 Å². The van der Waals surface area contributed by atoms with Crippen molar-refractivity contribution in [2.24, 2.45) is 0 Å². The number of hydrogen-bond acceptors (Lipinski definition) is 5. The van der Waals surface area contributed by atoms with Crippen LogP contribution in [0, 0.1) is 0 Å². The minimum atomic E-state index is 0.665. The first-order valence-corrected chi connectivity index (χ1v) is 10.0. The van der Waals surface area contributed by atoms with Gasteiger partial charge in [0.15, 0.2) is 11.5 Å². The van der Waals surface area contributed by atoms with E-state index in [-0.39, 0.29) is 0 Å². The zero-order chi connectivity index (χ0) is 19.4. The molecule has 0 amide bonds. The quantitative estimate of drug-likeness (QED) is 0.365. The maximum atomic E-state index is 6.13. The van der Waals surface area contributed by atoms with Crippen LogP contribution in [0.1, 0.15) is 0 Å². The summed E-state index contributed by atoms with van der Waals surface area (Å²) in [5, 5.41) is 14.3. The van der Waals surface area contributed by atoms with Gasteiger partial charge in [-0.15, -0.1) is 11.3 Å². The van der Waals surface area contributed by atoms with E-state index >= 15 is 0 Å². The molecule has 0 aliphatic heterocycles. The van der Waals surface area contributed by atoms with E-state index in [2.05, 4.69) is 25.4 Å². The van der Waals surface area contributed by atoms with Crippen molar-refractivity contribution >= 4 is 45.0 Å². The topological polar surface area (TPSA) is 98.9 Å². The minimum absolute atomic E-state index is 0.665. The third-order valence-electron chi connectivity index (χ3n) is 4.78. The number of aromatic amines is 3. The molecule has 29 heavy (non-hydrogen) atoms. The highest BCUT2D eigenvalue weighted by molar-refractivity contribution is 7.19. The number of benzene rings is 1. The summed E-state index contributed by atoms with van der Waals surface area (Å²) >= 11 is 7.67. The van der Waals surface area contributed by atoms with Crippen molar-refractivity contribution in [1.82, 2.24) is 35.3 Å². The Bertz CT molecular complexity index is 1480. The molecule has 5 heterocycles. The number of rotatable bonds is 3. The second-order valence-electron chi connectivity index (χ2n) is 6.54. The SMILES string of the molecule is Clc1ccc(-c2cccc3[nH]c(-c4n[nH]c5ccc(-c6cn[nH]c6)nc45)nc23)s1. The fourth-order valence-corrected chi connectivity index (χ4v) is 4.49. The third kappa shape index (κ3) is 2.65. The number of hydrogen-bond donors (Lipinski definition) is 3. The molecule has 0 unspecified atom stereocenters. The van der Waals surface area contributed by atoms with Gasteiger partial charge in [0.1, 0.15) is 5.52 Å². The predicted octanol–water partition coefficient (Wildman–Crippen LogP) is 5.27. The van der Waals surface area contributed by atoms with Crippen molar-refractivity contribution in [3.63, 3.8) is 0 Å². The van der Waals surface area contributed by atoms with Crippen molar-refractivity contribution in [2.75, 3.05) is 0 Å². The zero-order valence-corrected chi connectivity index (χ0v) is 16.3. The first-order valence-electron chi connectivity index (χ1n) is 8.85. The van der Waals surface area contributed by atoms with E-state index in [0.29, 0.717) is 11.5 Å². The molecule has 0 saturated carbocycles. The summed E-state index contributed by atoms with van der Waals surface area (Å²) in [7, 11) is 0. The monoisotopic (exact) mass is 417 g/mol. The molecule has 6 rings (SSSR count). The number of fused-ring (bicyclic) bond motifs is 2. The molecule has 5 aromatic heterocycles. The lowest BCUT2D eigenvalue weighted by atomic mass is 10.1. The van der Waals surface area contributed by atoms with Crippen LogP contribution >= 0.6 is 22.9 Å². The summed E-state index contributed by atoms with van der Waals surface area (Å²) in [5.41, 5.74) is 6.86. The Morgan fingerprint density at radius 1 is 0.931 bits per heavy atom. The van der Waals surface area contributed by atoms with Crippen LogP contribution in [-0.4, -0.2) is 35.3 Å². The molecule has 0 fully saturated rings. The lowest BCUT2D eigenvalue weighted by molar-refractivity contribution is 1.09. The second kappa shape index (κ2) is 6.26. The maximum Gasteiger partial charge on any atom is 0.161 e. The number of H-pyrrole nitrogens is 3. The average Bonchev–Trinajstić information content (AvgIpc) is 3.51. The molecule has 0 saturated heterocycles. The number of para-hydroxylation sites is 1. The van der Waals surface area contributed by atoms with Crippen molar-refractivity contribution in [3.05, 3.63) is 59.2 Å². The number of nitrogens with zero attached hydrogens (tertiary/aromatic N) is 4. The third-order valence-corrected chi connectivity index (χ3v) is 6.04. The highest BCUT2D eigenvalue weighted by atomic mass is 35.5. The predicted molar refractivity (Wildman–Crippen MR) is 115 cm³/mol. The Morgan fingerprint density at radius 2 is 1.90 bits per heavy atom. The van der Waals surface area contributed by atoms with E-state index in [4.69, 9.17) is 21.6 Å². The van der Waals surface area contributed by atoms with Gasteiger partial charge >= 0.3 is 0 Å². The standard InChI is InChI=1S/C20H12ClN7S/c21-16-7-6-15(29-16)11-2-1-3-13-17(11)26-20(25-13)19-18-14(27-28-19)5-4-12(24-18)10-8-22-23-9-10/h1-9H,(H,22,23)(H,25,26)(H,27,28). The van der Waals surface area contributed by atoms with Gasteiger partial charge in [-0.25, -0.2) is 9.97 Å². The Hall–Kier alpha value is -3.49. The van der Waals surface area contributed by atoms with Gasteiger partial charge in [-0.1, -0.05) is 23.7 Å². The van der Waals surface area contributed by atoms with Gasteiger partial charge in [0, 0.05) is 22.2 Å². The molecule has 3 N–H and O–H groups in total. The van der Waals surface area contributed by atoms with Crippen LogP contribution in [-0.2, 0) is 0 Å². The molecular weight excluding hydrogens is 406 g/mol. The zero-order valence-electron chi connectivity index (χ0n) is 14.8. The highest BCUT2D eigenvalue weighted by Gasteiger charge is 2.17.